The molecule has 0 aromatic heterocycles. The minimum atomic E-state index is 0.451. The van der Waals surface area contributed by atoms with E-state index in [0.717, 1.165) is 43.7 Å². The highest BCUT2D eigenvalue weighted by Gasteiger charge is 2.16. The minimum Gasteiger partial charge on any atom is -0.411 e. The Morgan fingerprint density at radius 2 is 1.59 bits per heavy atom. The van der Waals surface area contributed by atoms with Crippen molar-refractivity contribution in [3.05, 3.63) is 0 Å². The first-order chi connectivity index (χ1) is 8.11. The smallest absolute Gasteiger partial charge is 0.133 e. The third kappa shape index (κ3) is 7.14. The number of oxime groups is 1. The number of ketones is 1. The summed E-state index contributed by atoms with van der Waals surface area (Å²) in [7, 11) is 0. The average Bonchev–Trinajstić information content (AvgIpc) is 2.91. The Hall–Kier alpha value is -0.860. The molecule has 2 atom stereocenters. The van der Waals surface area contributed by atoms with Crippen LogP contribution < -0.4 is 0 Å². The molecule has 1 N–H and O–H groups in total. The van der Waals surface area contributed by atoms with Crippen LogP contribution in [0.5, 0.6) is 0 Å². The summed E-state index contributed by atoms with van der Waals surface area (Å²) in [4.78, 5) is 10.5. The third-order valence-electron chi connectivity index (χ3n) is 3.14. The van der Waals surface area contributed by atoms with Crippen LogP contribution in [0.2, 0.25) is 0 Å². The lowest BCUT2D eigenvalue weighted by Gasteiger charge is -1.91. The first kappa shape index (κ1) is 16.1. The molecule has 2 rings (SSSR count). The Bertz CT molecular complexity index is 249. The van der Waals surface area contributed by atoms with Crippen LogP contribution >= 0.6 is 0 Å². The summed E-state index contributed by atoms with van der Waals surface area (Å²) in [5.74, 6) is 1.86. The van der Waals surface area contributed by atoms with E-state index in [1.165, 1.54) is 6.42 Å². The van der Waals surface area contributed by atoms with E-state index in [-0.39, 0.29) is 0 Å². The second kappa shape index (κ2) is 9.20. The molecule has 17 heavy (non-hydrogen) atoms. The van der Waals surface area contributed by atoms with Gasteiger partial charge in [-0.1, -0.05) is 32.9 Å². The zero-order valence-corrected chi connectivity index (χ0v) is 11.7. The summed E-state index contributed by atoms with van der Waals surface area (Å²) in [6.07, 6.45) is 5.98. The van der Waals surface area contributed by atoms with Gasteiger partial charge in [-0.25, -0.2) is 0 Å². The molecule has 0 bridgehead atoms. The van der Waals surface area contributed by atoms with Crippen LogP contribution in [0.1, 0.15) is 66.2 Å². The van der Waals surface area contributed by atoms with Crippen LogP contribution in [0.15, 0.2) is 5.16 Å². The number of carbonyl (C=O) groups excluding carboxylic acids is 1. The second-order valence-corrected chi connectivity index (χ2v) is 4.90. The van der Waals surface area contributed by atoms with Crippen LogP contribution in [0.3, 0.4) is 0 Å². The summed E-state index contributed by atoms with van der Waals surface area (Å²) in [6, 6.07) is 0. The largest absolute Gasteiger partial charge is 0.411 e. The number of Topliss-reactive ketones (excluding diaryl/α,β-unsaturated/α-hetero) is 1. The molecule has 0 aromatic rings. The number of hydrogen-bond donors (Lipinski definition) is 1. The summed E-state index contributed by atoms with van der Waals surface area (Å²) in [6.45, 7) is 8.31. The zero-order valence-electron chi connectivity index (χ0n) is 11.7. The van der Waals surface area contributed by atoms with Crippen molar-refractivity contribution < 1.29 is 10.0 Å². The molecule has 2 aliphatic rings. The van der Waals surface area contributed by atoms with Crippen LogP contribution in [-0.4, -0.2) is 16.7 Å². The molecule has 100 valence electrons. The number of nitrogens with zero attached hydrogens (tertiary/aromatic N) is 1. The fourth-order valence-electron chi connectivity index (χ4n) is 2.11. The molecule has 0 aliphatic heterocycles. The van der Waals surface area contributed by atoms with Crippen molar-refractivity contribution in [2.45, 2.75) is 66.2 Å². The lowest BCUT2D eigenvalue weighted by Crippen LogP contribution is -1.89. The topological polar surface area (TPSA) is 49.7 Å². The van der Waals surface area contributed by atoms with Gasteiger partial charge >= 0.3 is 0 Å². The monoisotopic (exact) mass is 241 g/mol. The van der Waals surface area contributed by atoms with E-state index in [4.69, 9.17) is 5.21 Å². The number of carbonyl (C=O) groups is 1. The van der Waals surface area contributed by atoms with E-state index in [1.54, 1.807) is 0 Å². The molecular formula is C14H27NO2. The number of rotatable bonds is 0. The Balaban J connectivity index is 0.000000265. The highest BCUT2D eigenvalue weighted by Crippen LogP contribution is 2.21. The lowest BCUT2D eigenvalue weighted by molar-refractivity contribution is -0.117. The van der Waals surface area contributed by atoms with E-state index in [0.29, 0.717) is 11.7 Å². The van der Waals surface area contributed by atoms with Gasteiger partial charge in [0.05, 0.1) is 5.71 Å². The standard InChI is InChI=1S/C6H11NO.C6H10O.C2H6/c1-5-2-3-6(4-5)7-8;1-5-2-3-6(7)4-5;1-2/h5,8H,2-4H2,1H3;5H,2-4H2,1H3;1-2H3/b7-6-;;. The van der Waals surface area contributed by atoms with Gasteiger partial charge in [-0.2, -0.15) is 0 Å². The molecular weight excluding hydrogens is 214 g/mol. The van der Waals surface area contributed by atoms with E-state index in [2.05, 4.69) is 19.0 Å². The average molecular weight is 241 g/mol. The molecule has 2 saturated carbocycles. The highest BCUT2D eigenvalue weighted by molar-refractivity contribution is 5.85. The molecule has 0 radical (unpaired) electrons. The predicted molar refractivity (Wildman–Crippen MR) is 71.6 cm³/mol. The maximum atomic E-state index is 10.5. The summed E-state index contributed by atoms with van der Waals surface area (Å²) in [5.41, 5.74) is 0.970. The zero-order chi connectivity index (χ0) is 13.3. The molecule has 3 heteroatoms. The van der Waals surface area contributed by atoms with Gasteiger partial charge in [-0.3, -0.25) is 4.79 Å². The molecule has 3 nitrogen and oxygen atoms in total. The summed E-state index contributed by atoms with van der Waals surface area (Å²) >= 11 is 0. The predicted octanol–water partition coefficient (Wildman–Crippen LogP) is 4.04. The fraction of sp³-hybridized carbons (Fsp3) is 0.857. The van der Waals surface area contributed by atoms with Gasteiger partial charge in [0.25, 0.3) is 0 Å². The van der Waals surface area contributed by atoms with E-state index in [9.17, 15) is 4.79 Å². The maximum Gasteiger partial charge on any atom is 0.133 e. The van der Waals surface area contributed by atoms with Gasteiger partial charge in [0.15, 0.2) is 0 Å². The molecule has 0 spiro atoms. The van der Waals surface area contributed by atoms with Gasteiger partial charge in [-0.05, 0) is 37.5 Å². The van der Waals surface area contributed by atoms with Crippen molar-refractivity contribution in [1.82, 2.24) is 0 Å². The van der Waals surface area contributed by atoms with E-state index < -0.39 is 0 Å². The normalized spacial score (nSPS) is 29.4. The van der Waals surface area contributed by atoms with Crippen molar-refractivity contribution in [3.8, 4) is 0 Å². The molecule has 2 unspecified atom stereocenters. The van der Waals surface area contributed by atoms with Gasteiger partial charge in [0.2, 0.25) is 0 Å². The van der Waals surface area contributed by atoms with Gasteiger partial charge in [0.1, 0.15) is 5.78 Å². The van der Waals surface area contributed by atoms with Crippen molar-refractivity contribution in [2.75, 3.05) is 0 Å². The first-order valence-corrected chi connectivity index (χ1v) is 6.83. The number of hydrogen-bond acceptors (Lipinski definition) is 3. The first-order valence-electron chi connectivity index (χ1n) is 6.83. The Labute approximate surface area is 105 Å². The summed E-state index contributed by atoms with van der Waals surface area (Å²) < 4.78 is 0. The highest BCUT2D eigenvalue weighted by atomic mass is 16.4. The minimum absolute atomic E-state index is 0.451. The maximum absolute atomic E-state index is 10.5. The van der Waals surface area contributed by atoms with Gasteiger partial charge < -0.3 is 5.21 Å². The van der Waals surface area contributed by atoms with E-state index in [1.807, 2.05) is 13.8 Å². The quantitative estimate of drug-likeness (QED) is 0.514. The molecule has 0 saturated heterocycles. The molecule has 2 fully saturated rings. The molecule has 0 amide bonds. The SMILES string of the molecule is CC.CC1CC/C(=N/O)C1.CC1CCC(=O)C1. The van der Waals surface area contributed by atoms with Crippen molar-refractivity contribution in [2.24, 2.45) is 17.0 Å². The van der Waals surface area contributed by atoms with Crippen molar-refractivity contribution in [1.29, 1.82) is 0 Å². The summed E-state index contributed by atoms with van der Waals surface area (Å²) in [5, 5.41) is 11.4. The van der Waals surface area contributed by atoms with E-state index >= 15 is 0 Å². The van der Waals surface area contributed by atoms with Gasteiger partial charge in [0, 0.05) is 12.8 Å². The van der Waals surface area contributed by atoms with Crippen LogP contribution in [0, 0.1) is 11.8 Å². The van der Waals surface area contributed by atoms with Crippen molar-refractivity contribution in [3.63, 3.8) is 0 Å². The van der Waals surface area contributed by atoms with Crippen LogP contribution in [-0.2, 0) is 4.79 Å². The third-order valence-corrected chi connectivity index (χ3v) is 3.14. The molecule has 0 aromatic carbocycles. The second-order valence-electron chi connectivity index (χ2n) is 4.90. The van der Waals surface area contributed by atoms with Gasteiger partial charge in [-0.15, -0.1) is 0 Å². The Kier molecular flexibility index (Phi) is 8.73. The Morgan fingerprint density at radius 3 is 1.76 bits per heavy atom. The van der Waals surface area contributed by atoms with Crippen LogP contribution in [0.25, 0.3) is 0 Å². The Morgan fingerprint density at radius 1 is 1.06 bits per heavy atom. The molecule has 2 aliphatic carbocycles. The lowest BCUT2D eigenvalue weighted by atomic mass is 10.1. The fourth-order valence-corrected chi connectivity index (χ4v) is 2.11. The van der Waals surface area contributed by atoms with Crippen molar-refractivity contribution >= 4 is 11.5 Å². The molecule has 0 heterocycles. The van der Waals surface area contributed by atoms with Crippen LogP contribution in [0.4, 0.5) is 0 Å².